The number of carbonyl (C=O) groups is 2. The highest BCUT2D eigenvalue weighted by Gasteiger charge is 2.47. The maximum absolute atomic E-state index is 13.1. The molecule has 482 valence electrons. The smallest absolute Gasteiger partial charge is 0.306 e. The largest absolute Gasteiger partial charge is 0.462 e. The first-order chi connectivity index (χ1) is 40.0. The summed E-state index contributed by atoms with van der Waals surface area (Å²) >= 11 is 0. The van der Waals surface area contributed by atoms with E-state index in [0.29, 0.717) is 19.3 Å². The van der Waals surface area contributed by atoms with Crippen LogP contribution in [0, 0.1) is 0 Å². The van der Waals surface area contributed by atoms with E-state index in [9.17, 15) is 45.3 Å². The molecule has 4 unspecified atom stereocenters. The summed E-state index contributed by atoms with van der Waals surface area (Å²) in [6.45, 7) is 2.62. The van der Waals surface area contributed by atoms with Crippen molar-refractivity contribution in [3.63, 3.8) is 0 Å². The molecule has 0 bridgehead atoms. The van der Waals surface area contributed by atoms with Crippen molar-refractivity contribution in [3.05, 3.63) is 24.3 Å². The second-order valence-electron chi connectivity index (χ2n) is 24.0. The third-order valence-corrected chi connectivity index (χ3v) is 16.4. The van der Waals surface area contributed by atoms with Crippen LogP contribution in [0.4, 0.5) is 0 Å². The summed E-state index contributed by atoms with van der Waals surface area (Å²) in [7, 11) is 0. The Hall–Kier alpha value is -2.02. The van der Waals surface area contributed by atoms with E-state index in [1.165, 1.54) is 218 Å². The van der Waals surface area contributed by atoms with Crippen LogP contribution in [0.2, 0.25) is 0 Å². The molecule has 2 fully saturated rings. The molecular formula is C67H124O15. The van der Waals surface area contributed by atoms with Crippen molar-refractivity contribution in [2.75, 3.05) is 26.4 Å². The molecule has 2 aliphatic rings. The average molecular weight is 1170 g/mol. The summed E-state index contributed by atoms with van der Waals surface area (Å²) in [5.74, 6) is -0.983. The fourth-order valence-electron chi connectivity index (χ4n) is 10.9. The van der Waals surface area contributed by atoms with Gasteiger partial charge >= 0.3 is 11.9 Å². The number of hydrogen-bond acceptors (Lipinski definition) is 15. The van der Waals surface area contributed by atoms with Gasteiger partial charge in [0.15, 0.2) is 18.7 Å². The Bertz CT molecular complexity index is 1510. The zero-order chi connectivity index (χ0) is 59.5. The topological polar surface area (TPSA) is 231 Å². The summed E-state index contributed by atoms with van der Waals surface area (Å²) in [6.07, 6.45) is 45.2. The summed E-state index contributed by atoms with van der Waals surface area (Å²) in [6, 6.07) is 0. The van der Waals surface area contributed by atoms with Crippen molar-refractivity contribution < 1.29 is 73.8 Å². The second-order valence-corrected chi connectivity index (χ2v) is 24.0. The molecule has 15 nitrogen and oxygen atoms in total. The molecule has 0 spiro atoms. The van der Waals surface area contributed by atoms with Crippen LogP contribution in [0.5, 0.6) is 0 Å². The Labute approximate surface area is 498 Å². The number of carbonyl (C=O) groups excluding carboxylic acids is 2. The Morgan fingerprint density at radius 3 is 1.07 bits per heavy atom. The van der Waals surface area contributed by atoms with Crippen LogP contribution >= 0.6 is 0 Å². The summed E-state index contributed by atoms with van der Waals surface area (Å²) in [5, 5.41) is 72.5. The summed E-state index contributed by atoms with van der Waals surface area (Å²) < 4.78 is 33.7. The molecule has 0 saturated carbocycles. The van der Waals surface area contributed by atoms with Gasteiger partial charge in [-0.15, -0.1) is 0 Å². The van der Waals surface area contributed by atoms with Crippen molar-refractivity contribution >= 4 is 11.9 Å². The quantitative estimate of drug-likeness (QED) is 0.0171. The van der Waals surface area contributed by atoms with E-state index in [-0.39, 0.29) is 19.4 Å². The van der Waals surface area contributed by atoms with Crippen molar-refractivity contribution in [1.82, 2.24) is 0 Å². The molecule has 82 heavy (non-hydrogen) atoms. The van der Waals surface area contributed by atoms with Crippen LogP contribution in [-0.2, 0) is 38.0 Å². The third-order valence-electron chi connectivity index (χ3n) is 16.4. The lowest BCUT2D eigenvalue weighted by atomic mass is 9.98. The molecule has 2 heterocycles. The molecule has 2 saturated heterocycles. The molecule has 0 aromatic rings. The molecule has 2 rings (SSSR count). The molecule has 11 atom stereocenters. The average Bonchev–Trinajstić information content (AvgIpc) is 3.61. The van der Waals surface area contributed by atoms with Gasteiger partial charge in [-0.1, -0.05) is 256 Å². The lowest BCUT2D eigenvalue weighted by molar-refractivity contribution is -0.332. The Kier molecular flexibility index (Phi) is 49.4. The minimum absolute atomic E-state index is 0.116. The Balaban J connectivity index is 1.70. The van der Waals surface area contributed by atoms with Crippen LogP contribution in [0.15, 0.2) is 24.3 Å². The van der Waals surface area contributed by atoms with E-state index in [1.54, 1.807) is 0 Å². The van der Waals surface area contributed by atoms with Gasteiger partial charge in [0.2, 0.25) is 0 Å². The van der Waals surface area contributed by atoms with Gasteiger partial charge in [0.25, 0.3) is 0 Å². The van der Waals surface area contributed by atoms with Crippen molar-refractivity contribution in [2.24, 2.45) is 0 Å². The molecule has 0 radical (unpaired) electrons. The summed E-state index contributed by atoms with van der Waals surface area (Å²) in [5.41, 5.74) is 0. The van der Waals surface area contributed by atoms with Crippen LogP contribution in [0.1, 0.15) is 296 Å². The fraction of sp³-hybridized carbons (Fsp3) is 0.910. The Morgan fingerprint density at radius 1 is 0.378 bits per heavy atom. The number of aliphatic hydroxyl groups excluding tert-OH is 7. The van der Waals surface area contributed by atoms with E-state index in [0.717, 1.165) is 32.1 Å². The van der Waals surface area contributed by atoms with E-state index in [4.69, 9.17) is 28.4 Å². The number of rotatable bonds is 56. The van der Waals surface area contributed by atoms with Crippen molar-refractivity contribution in [2.45, 2.75) is 364 Å². The number of esters is 2. The maximum Gasteiger partial charge on any atom is 0.306 e. The van der Waals surface area contributed by atoms with Crippen molar-refractivity contribution in [3.8, 4) is 0 Å². The van der Waals surface area contributed by atoms with Gasteiger partial charge in [0, 0.05) is 12.8 Å². The number of allylic oxidation sites excluding steroid dienone is 4. The minimum Gasteiger partial charge on any atom is -0.462 e. The van der Waals surface area contributed by atoms with Gasteiger partial charge in [0.1, 0.15) is 55.4 Å². The SMILES string of the molecule is CCCCCCCCCCCCCCCCCCCC/C=C/CCCC(=O)OC[C@@H](CO[C@@H]1O[C@H](CO[C@@H]2O[C@H](CO)[C@H](O)C(O)C2O)[C@H](O)C(O)C1O)OC(=O)CCC/C=C/CCCCCCCCCCCCCCCCCCCC. The molecule has 0 aromatic carbocycles. The first kappa shape index (κ1) is 76.1. The van der Waals surface area contributed by atoms with E-state index >= 15 is 0 Å². The van der Waals surface area contributed by atoms with E-state index < -0.39 is 99.3 Å². The first-order valence-electron chi connectivity index (χ1n) is 33.9. The maximum atomic E-state index is 13.1. The molecule has 0 amide bonds. The van der Waals surface area contributed by atoms with Gasteiger partial charge < -0.3 is 64.2 Å². The Morgan fingerprint density at radius 2 is 0.695 bits per heavy atom. The molecule has 7 N–H and O–H groups in total. The van der Waals surface area contributed by atoms with E-state index in [2.05, 4.69) is 38.2 Å². The molecular weight excluding hydrogens is 1040 g/mol. The molecule has 2 aliphatic heterocycles. The predicted octanol–water partition coefficient (Wildman–Crippen LogP) is 13.4. The number of hydrogen-bond donors (Lipinski definition) is 7. The monoisotopic (exact) mass is 1170 g/mol. The molecule has 15 heteroatoms. The first-order valence-corrected chi connectivity index (χ1v) is 33.9. The summed E-state index contributed by atoms with van der Waals surface area (Å²) in [4.78, 5) is 26.0. The zero-order valence-corrected chi connectivity index (χ0v) is 52.0. The lowest BCUT2D eigenvalue weighted by Gasteiger charge is -2.42. The molecule has 0 aliphatic carbocycles. The number of unbranched alkanes of at least 4 members (excludes halogenated alkanes) is 38. The second kappa shape index (κ2) is 53.2. The molecule has 0 aromatic heterocycles. The highest BCUT2D eigenvalue weighted by molar-refractivity contribution is 5.70. The number of aliphatic hydroxyl groups is 7. The fourth-order valence-corrected chi connectivity index (χ4v) is 10.9. The van der Waals surface area contributed by atoms with Crippen LogP contribution < -0.4 is 0 Å². The van der Waals surface area contributed by atoms with Gasteiger partial charge in [-0.2, -0.15) is 0 Å². The highest BCUT2D eigenvalue weighted by atomic mass is 16.7. The van der Waals surface area contributed by atoms with E-state index in [1.807, 2.05) is 0 Å². The normalized spacial score (nSPS) is 23.5. The van der Waals surface area contributed by atoms with Gasteiger partial charge in [-0.05, 0) is 51.4 Å². The van der Waals surface area contributed by atoms with Gasteiger partial charge in [0.05, 0.1) is 19.8 Å². The van der Waals surface area contributed by atoms with Crippen LogP contribution in [0.25, 0.3) is 0 Å². The lowest BCUT2D eigenvalue weighted by Crippen LogP contribution is -2.61. The standard InChI is InChI=1S/C67H124O15/c1-3-5-7-9-11-13-15-17-19-21-23-25-27-29-31-33-35-37-39-41-43-45-47-49-58(69)77-52-55(53-78-66-65(76)63(74)61(72)57(82-66)54-79-67-64(75)62(73)60(71)56(51-68)81-67)80-59(70)50-48-46-44-42-40-38-36-34-32-30-28-26-24-22-20-18-16-14-12-10-8-6-4-2/h41-44,55-57,60-68,71-76H,3-40,45-54H2,1-2H3/b43-41+,44-42+/t55-,56+,57+,60-,61-,62?,63?,64?,65?,66+,67+/m0/s1. The number of ether oxygens (including phenoxy) is 6. The minimum atomic E-state index is -1.77. The van der Waals surface area contributed by atoms with Crippen molar-refractivity contribution in [1.29, 1.82) is 0 Å². The van der Waals surface area contributed by atoms with Gasteiger partial charge in [-0.3, -0.25) is 9.59 Å². The van der Waals surface area contributed by atoms with Gasteiger partial charge in [-0.25, -0.2) is 0 Å². The predicted molar refractivity (Wildman–Crippen MR) is 326 cm³/mol. The van der Waals surface area contributed by atoms with Crippen LogP contribution in [-0.4, -0.2) is 142 Å². The highest BCUT2D eigenvalue weighted by Crippen LogP contribution is 2.27. The third kappa shape index (κ3) is 38.9. The zero-order valence-electron chi connectivity index (χ0n) is 52.0. The van der Waals surface area contributed by atoms with Crippen LogP contribution in [0.3, 0.4) is 0 Å².